The van der Waals surface area contributed by atoms with E-state index in [1.165, 1.54) is 13.4 Å². The first-order chi connectivity index (χ1) is 4.83. The van der Waals surface area contributed by atoms with E-state index in [9.17, 15) is 4.79 Å². The molecule has 0 spiro atoms. The molecule has 54 valence electrons. The molecule has 1 heterocycles. The molecule has 1 aromatic heterocycles. The fraction of sp³-hybridized carbons (Fsp3) is 0.400. The lowest BCUT2D eigenvalue weighted by atomic mass is 10.4. The van der Waals surface area contributed by atoms with E-state index in [4.69, 9.17) is 0 Å². The minimum absolute atomic E-state index is 0.0382. The number of esters is 1. The average molecular weight is 142 g/mol. The van der Waals surface area contributed by atoms with Gasteiger partial charge in [-0.25, -0.2) is 0 Å². The Morgan fingerprint density at radius 2 is 2.70 bits per heavy atom. The van der Waals surface area contributed by atoms with Crippen LogP contribution in [0, 0.1) is 0 Å². The van der Waals surface area contributed by atoms with Crippen molar-refractivity contribution in [1.29, 1.82) is 0 Å². The van der Waals surface area contributed by atoms with E-state index in [0.717, 1.165) is 0 Å². The van der Waals surface area contributed by atoms with Crippen molar-refractivity contribution in [2.75, 3.05) is 7.11 Å². The second-order valence-electron chi connectivity index (χ2n) is 1.59. The summed E-state index contributed by atoms with van der Waals surface area (Å²) in [6.07, 6.45) is 1.27. The third-order valence-corrected chi connectivity index (χ3v) is 0.930. The Balaban J connectivity index is 2.48. The average Bonchev–Trinajstić information content (AvgIpc) is 2.40. The first kappa shape index (κ1) is 6.73. The molecular formula is C5H6N2O3. The van der Waals surface area contributed by atoms with Gasteiger partial charge in [-0.2, -0.15) is 4.98 Å². The van der Waals surface area contributed by atoms with Crippen molar-refractivity contribution in [2.45, 2.75) is 6.42 Å². The zero-order chi connectivity index (χ0) is 7.40. The molecule has 0 atom stereocenters. The van der Waals surface area contributed by atoms with Gasteiger partial charge in [-0.05, 0) is 0 Å². The van der Waals surface area contributed by atoms with Crippen LogP contribution >= 0.6 is 0 Å². The second-order valence-corrected chi connectivity index (χ2v) is 1.59. The van der Waals surface area contributed by atoms with Crippen LogP contribution in [0.5, 0.6) is 0 Å². The lowest BCUT2D eigenvalue weighted by Crippen LogP contribution is -2.04. The van der Waals surface area contributed by atoms with Gasteiger partial charge >= 0.3 is 5.97 Å². The number of hydrogen-bond acceptors (Lipinski definition) is 5. The van der Waals surface area contributed by atoms with Crippen LogP contribution in [0.4, 0.5) is 0 Å². The number of ether oxygens (including phenoxy) is 1. The smallest absolute Gasteiger partial charge is 0.315 e. The molecule has 0 saturated carbocycles. The van der Waals surface area contributed by atoms with E-state index >= 15 is 0 Å². The van der Waals surface area contributed by atoms with E-state index in [1.807, 2.05) is 0 Å². The Bertz CT molecular complexity index is 207. The molecule has 0 aliphatic carbocycles. The molecule has 0 fully saturated rings. The zero-order valence-corrected chi connectivity index (χ0v) is 5.40. The molecular weight excluding hydrogens is 136 g/mol. The van der Waals surface area contributed by atoms with Gasteiger partial charge in [0.25, 0.3) is 0 Å². The minimum Gasteiger partial charge on any atom is -0.469 e. The van der Waals surface area contributed by atoms with Gasteiger partial charge in [-0.15, -0.1) is 0 Å². The van der Waals surface area contributed by atoms with Crippen LogP contribution in [0.15, 0.2) is 10.9 Å². The maximum absolute atomic E-state index is 10.5. The lowest BCUT2D eigenvalue weighted by Gasteiger charge is -1.90. The van der Waals surface area contributed by atoms with Crippen LogP contribution in [-0.4, -0.2) is 23.2 Å². The van der Waals surface area contributed by atoms with Crippen LogP contribution in [0.25, 0.3) is 0 Å². The highest BCUT2D eigenvalue weighted by molar-refractivity contribution is 5.70. The molecule has 10 heavy (non-hydrogen) atoms. The van der Waals surface area contributed by atoms with Crippen molar-refractivity contribution in [3.8, 4) is 0 Å². The van der Waals surface area contributed by atoms with Gasteiger partial charge in [0.1, 0.15) is 6.42 Å². The lowest BCUT2D eigenvalue weighted by molar-refractivity contribution is -0.140. The van der Waals surface area contributed by atoms with Crippen molar-refractivity contribution in [3.63, 3.8) is 0 Å². The van der Waals surface area contributed by atoms with E-state index in [1.54, 1.807) is 0 Å². The number of carbonyl (C=O) groups is 1. The van der Waals surface area contributed by atoms with Gasteiger partial charge in [-0.3, -0.25) is 4.79 Å². The van der Waals surface area contributed by atoms with Crippen molar-refractivity contribution in [1.82, 2.24) is 10.1 Å². The van der Waals surface area contributed by atoms with Crippen LogP contribution < -0.4 is 0 Å². The number of methoxy groups -OCH3 is 1. The van der Waals surface area contributed by atoms with Crippen molar-refractivity contribution in [3.05, 3.63) is 12.2 Å². The van der Waals surface area contributed by atoms with Gasteiger partial charge in [-0.1, -0.05) is 5.16 Å². The number of hydrogen-bond donors (Lipinski definition) is 0. The molecule has 5 heteroatoms. The van der Waals surface area contributed by atoms with Crippen LogP contribution in [0.2, 0.25) is 0 Å². The maximum atomic E-state index is 10.5. The Hall–Kier alpha value is -1.39. The number of aromatic nitrogens is 2. The topological polar surface area (TPSA) is 65.2 Å². The fourth-order valence-electron chi connectivity index (χ4n) is 0.470. The molecule has 0 aromatic carbocycles. The minimum atomic E-state index is -0.385. The van der Waals surface area contributed by atoms with Crippen LogP contribution in [-0.2, 0) is 16.0 Å². The van der Waals surface area contributed by atoms with Gasteiger partial charge < -0.3 is 9.26 Å². The third kappa shape index (κ3) is 1.54. The molecule has 1 aromatic rings. The summed E-state index contributed by atoms with van der Waals surface area (Å²) in [7, 11) is 1.30. The zero-order valence-electron chi connectivity index (χ0n) is 5.40. The Kier molecular flexibility index (Phi) is 1.99. The fourth-order valence-corrected chi connectivity index (χ4v) is 0.470. The summed E-state index contributed by atoms with van der Waals surface area (Å²) in [5.41, 5.74) is 0. The van der Waals surface area contributed by atoms with Crippen molar-refractivity contribution >= 4 is 5.97 Å². The Morgan fingerprint density at radius 3 is 3.20 bits per heavy atom. The monoisotopic (exact) mass is 142 g/mol. The molecule has 0 aliphatic rings. The number of nitrogens with zero attached hydrogens (tertiary/aromatic N) is 2. The van der Waals surface area contributed by atoms with Crippen molar-refractivity contribution < 1.29 is 14.1 Å². The molecule has 0 bridgehead atoms. The first-order valence-corrected chi connectivity index (χ1v) is 2.65. The Labute approximate surface area is 57.0 Å². The van der Waals surface area contributed by atoms with E-state index in [2.05, 4.69) is 19.4 Å². The molecule has 0 amide bonds. The number of carbonyl (C=O) groups excluding carboxylic acids is 1. The standard InChI is InChI=1S/C5H6N2O3/c1-9-5(8)2-4-6-3-7-10-4/h3H,2H2,1H3. The molecule has 0 unspecified atom stereocenters. The third-order valence-electron chi connectivity index (χ3n) is 0.930. The summed E-state index contributed by atoms with van der Waals surface area (Å²) in [6.45, 7) is 0. The normalized spacial score (nSPS) is 9.30. The highest BCUT2D eigenvalue weighted by atomic mass is 16.5. The molecule has 0 aliphatic heterocycles. The number of rotatable bonds is 2. The maximum Gasteiger partial charge on any atom is 0.315 e. The van der Waals surface area contributed by atoms with Crippen molar-refractivity contribution in [2.24, 2.45) is 0 Å². The summed E-state index contributed by atoms with van der Waals surface area (Å²) in [5, 5.41) is 3.32. The summed E-state index contributed by atoms with van der Waals surface area (Å²) < 4.78 is 8.90. The Morgan fingerprint density at radius 1 is 1.90 bits per heavy atom. The highest BCUT2D eigenvalue weighted by Crippen LogP contribution is 1.92. The summed E-state index contributed by atoms with van der Waals surface area (Å²) >= 11 is 0. The van der Waals surface area contributed by atoms with E-state index in [0.29, 0.717) is 0 Å². The van der Waals surface area contributed by atoms with E-state index < -0.39 is 0 Å². The SMILES string of the molecule is COC(=O)Cc1ncno1. The molecule has 5 nitrogen and oxygen atoms in total. The molecule has 0 N–H and O–H groups in total. The van der Waals surface area contributed by atoms with Gasteiger partial charge in [0.05, 0.1) is 7.11 Å². The first-order valence-electron chi connectivity index (χ1n) is 2.65. The summed E-state index contributed by atoms with van der Waals surface area (Å²) in [5.74, 6) is -0.115. The highest BCUT2D eigenvalue weighted by Gasteiger charge is 2.06. The second kappa shape index (κ2) is 2.95. The molecule has 0 saturated heterocycles. The summed E-state index contributed by atoms with van der Waals surface area (Å²) in [6, 6.07) is 0. The van der Waals surface area contributed by atoms with Crippen LogP contribution in [0.1, 0.15) is 5.89 Å². The predicted molar refractivity (Wildman–Crippen MR) is 30.0 cm³/mol. The van der Waals surface area contributed by atoms with Crippen LogP contribution in [0.3, 0.4) is 0 Å². The quantitative estimate of drug-likeness (QED) is 0.534. The van der Waals surface area contributed by atoms with Gasteiger partial charge in [0.2, 0.25) is 5.89 Å². The van der Waals surface area contributed by atoms with Gasteiger partial charge in [0, 0.05) is 0 Å². The van der Waals surface area contributed by atoms with E-state index in [-0.39, 0.29) is 18.3 Å². The molecule has 1 rings (SSSR count). The summed E-state index contributed by atoms with van der Waals surface area (Å²) in [4.78, 5) is 14.2. The predicted octanol–water partition coefficient (Wildman–Crippen LogP) is -0.215. The van der Waals surface area contributed by atoms with Gasteiger partial charge in [0.15, 0.2) is 6.33 Å². The largest absolute Gasteiger partial charge is 0.469 e. The molecule has 0 radical (unpaired) electrons.